The zero-order valence-electron chi connectivity index (χ0n) is 20.1. The molecule has 0 aromatic heterocycles. The van der Waals surface area contributed by atoms with Crippen LogP contribution in [0.3, 0.4) is 0 Å². The standard InChI is InChI=1S/C29H28N2O4/c1-18-8-6-10-20(14-18)26(33)31-23(16-29(3)17-25(32)30-28(29)31)22-12-4-5-13-24(22)35-27(34)21-11-7-9-19(2)15-21/h4-15,23,28H,16-17H2,1-3H3,(H,30,32)/t23?,28?,29-/m1/s1. The average Bonchev–Trinajstić information content (AvgIpc) is 3.27. The first kappa shape index (κ1) is 22.8. The Bertz CT molecular complexity index is 1330. The van der Waals surface area contributed by atoms with Crippen LogP contribution in [-0.2, 0) is 4.79 Å². The van der Waals surface area contributed by atoms with E-state index in [9.17, 15) is 14.4 Å². The summed E-state index contributed by atoms with van der Waals surface area (Å²) in [6.45, 7) is 5.90. The number of fused-ring (bicyclic) bond motifs is 1. The molecule has 2 aliphatic heterocycles. The van der Waals surface area contributed by atoms with E-state index in [-0.39, 0.29) is 17.9 Å². The number of likely N-dealkylation sites (tertiary alicyclic amines) is 1. The van der Waals surface area contributed by atoms with E-state index in [4.69, 9.17) is 4.74 Å². The lowest BCUT2D eigenvalue weighted by Crippen LogP contribution is -2.47. The predicted molar refractivity (Wildman–Crippen MR) is 132 cm³/mol. The lowest BCUT2D eigenvalue weighted by atomic mass is 9.83. The highest BCUT2D eigenvalue weighted by Gasteiger charge is 2.57. The molecular weight excluding hydrogens is 440 g/mol. The number of hydrogen-bond donors (Lipinski definition) is 1. The summed E-state index contributed by atoms with van der Waals surface area (Å²) in [4.78, 5) is 40.9. The van der Waals surface area contributed by atoms with Crippen LogP contribution < -0.4 is 10.1 Å². The first-order valence-corrected chi connectivity index (χ1v) is 11.8. The molecule has 0 radical (unpaired) electrons. The topological polar surface area (TPSA) is 75.7 Å². The van der Waals surface area contributed by atoms with Crippen molar-refractivity contribution in [3.8, 4) is 5.75 Å². The van der Waals surface area contributed by atoms with Crippen molar-refractivity contribution in [2.24, 2.45) is 5.41 Å². The van der Waals surface area contributed by atoms with Gasteiger partial charge in [0.15, 0.2) is 0 Å². The number of aryl methyl sites for hydroxylation is 2. The van der Waals surface area contributed by atoms with Crippen molar-refractivity contribution in [1.82, 2.24) is 10.2 Å². The molecule has 3 aromatic rings. The fourth-order valence-corrected chi connectivity index (χ4v) is 5.38. The molecule has 2 unspecified atom stereocenters. The van der Waals surface area contributed by atoms with Crippen LogP contribution in [0.2, 0.25) is 0 Å². The second-order valence-electron chi connectivity index (χ2n) is 9.90. The van der Waals surface area contributed by atoms with Crippen molar-refractivity contribution in [2.45, 2.75) is 45.8 Å². The van der Waals surface area contributed by atoms with Gasteiger partial charge in [0, 0.05) is 23.0 Å². The fourth-order valence-electron chi connectivity index (χ4n) is 5.38. The third-order valence-electron chi connectivity index (χ3n) is 7.03. The van der Waals surface area contributed by atoms with Crippen LogP contribution in [0.25, 0.3) is 0 Å². The Morgan fingerprint density at radius 3 is 2.31 bits per heavy atom. The van der Waals surface area contributed by atoms with Gasteiger partial charge in [-0.2, -0.15) is 0 Å². The van der Waals surface area contributed by atoms with Crippen LogP contribution >= 0.6 is 0 Å². The SMILES string of the molecule is Cc1cccc(C(=O)Oc2ccccc2C2C[C@]3(C)CC(=O)NC3N2C(=O)c2cccc(C)c2)c1. The Morgan fingerprint density at radius 2 is 1.60 bits per heavy atom. The number of esters is 1. The summed E-state index contributed by atoms with van der Waals surface area (Å²) in [5.74, 6) is -0.247. The Kier molecular flexibility index (Phi) is 5.67. The molecule has 2 amide bonds. The number of benzene rings is 3. The number of nitrogens with zero attached hydrogens (tertiary/aromatic N) is 1. The molecule has 5 rings (SSSR count). The van der Waals surface area contributed by atoms with Crippen molar-refractivity contribution in [2.75, 3.05) is 0 Å². The lowest BCUT2D eigenvalue weighted by molar-refractivity contribution is -0.120. The molecule has 3 atom stereocenters. The summed E-state index contributed by atoms with van der Waals surface area (Å²) >= 11 is 0. The number of amides is 2. The number of hydrogen-bond acceptors (Lipinski definition) is 4. The van der Waals surface area contributed by atoms with Gasteiger partial charge in [-0.1, -0.05) is 60.5 Å². The molecule has 2 fully saturated rings. The van der Waals surface area contributed by atoms with E-state index in [1.807, 2.05) is 69.3 Å². The molecule has 1 N–H and O–H groups in total. The third-order valence-corrected chi connectivity index (χ3v) is 7.03. The van der Waals surface area contributed by atoms with E-state index < -0.39 is 17.6 Å². The Morgan fingerprint density at radius 1 is 0.943 bits per heavy atom. The molecule has 3 aromatic carbocycles. The van der Waals surface area contributed by atoms with Gasteiger partial charge in [0.05, 0.1) is 11.6 Å². The van der Waals surface area contributed by atoms with Crippen LogP contribution in [0.1, 0.15) is 63.2 Å². The van der Waals surface area contributed by atoms with Gasteiger partial charge in [-0.3, -0.25) is 9.59 Å². The van der Waals surface area contributed by atoms with E-state index in [0.717, 1.165) is 16.7 Å². The monoisotopic (exact) mass is 468 g/mol. The molecule has 2 saturated heterocycles. The highest BCUT2D eigenvalue weighted by Crippen LogP contribution is 2.53. The number of carbonyl (C=O) groups is 3. The van der Waals surface area contributed by atoms with Gasteiger partial charge in [0.25, 0.3) is 5.91 Å². The Labute approximate surface area is 204 Å². The number of rotatable bonds is 4. The highest BCUT2D eigenvalue weighted by atomic mass is 16.5. The van der Waals surface area contributed by atoms with Gasteiger partial charge in [-0.25, -0.2) is 4.79 Å². The molecule has 35 heavy (non-hydrogen) atoms. The lowest BCUT2D eigenvalue weighted by Gasteiger charge is -2.32. The second kappa shape index (κ2) is 8.69. The van der Waals surface area contributed by atoms with E-state index in [0.29, 0.717) is 29.7 Å². The number of nitrogens with one attached hydrogen (secondary N) is 1. The average molecular weight is 469 g/mol. The number of para-hydroxylation sites is 1. The van der Waals surface area contributed by atoms with Gasteiger partial charge in [-0.05, 0) is 50.6 Å². The van der Waals surface area contributed by atoms with Gasteiger partial charge >= 0.3 is 5.97 Å². The second-order valence-corrected chi connectivity index (χ2v) is 9.90. The summed E-state index contributed by atoms with van der Waals surface area (Å²) in [5.41, 5.74) is 3.31. The van der Waals surface area contributed by atoms with E-state index in [2.05, 4.69) is 5.32 Å². The van der Waals surface area contributed by atoms with Gasteiger partial charge < -0.3 is 15.0 Å². The van der Waals surface area contributed by atoms with E-state index in [1.54, 1.807) is 29.2 Å². The van der Waals surface area contributed by atoms with E-state index >= 15 is 0 Å². The summed E-state index contributed by atoms with van der Waals surface area (Å²) in [6, 6.07) is 21.7. The molecule has 178 valence electrons. The largest absolute Gasteiger partial charge is 0.423 e. The van der Waals surface area contributed by atoms with Gasteiger partial charge in [-0.15, -0.1) is 0 Å². The molecule has 0 bridgehead atoms. The maximum absolute atomic E-state index is 13.8. The minimum absolute atomic E-state index is 0.0582. The maximum Gasteiger partial charge on any atom is 0.343 e. The van der Waals surface area contributed by atoms with Gasteiger partial charge in [0.1, 0.15) is 11.9 Å². The molecule has 0 spiro atoms. The summed E-state index contributed by atoms with van der Waals surface area (Å²) in [7, 11) is 0. The molecule has 6 nitrogen and oxygen atoms in total. The van der Waals surface area contributed by atoms with Crippen molar-refractivity contribution in [1.29, 1.82) is 0 Å². The third kappa shape index (κ3) is 4.20. The highest BCUT2D eigenvalue weighted by molar-refractivity contribution is 5.96. The van der Waals surface area contributed by atoms with Gasteiger partial charge in [0.2, 0.25) is 5.91 Å². The molecular formula is C29H28N2O4. The fraction of sp³-hybridized carbons (Fsp3) is 0.276. The van der Waals surface area contributed by atoms with Crippen LogP contribution in [0, 0.1) is 19.3 Å². The molecule has 0 saturated carbocycles. The molecule has 2 aliphatic rings. The minimum atomic E-state index is -0.449. The smallest absolute Gasteiger partial charge is 0.343 e. The Hall–Kier alpha value is -3.93. The number of carbonyl (C=O) groups excluding carboxylic acids is 3. The molecule has 6 heteroatoms. The normalized spacial score (nSPS) is 23.1. The summed E-state index contributed by atoms with van der Waals surface area (Å²) < 4.78 is 5.86. The van der Waals surface area contributed by atoms with Crippen LogP contribution in [0.5, 0.6) is 5.75 Å². The van der Waals surface area contributed by atoms with E-state index in [1.165, 1.54) is 0 Å². The first-order chi connectivity index (χ1) is 16.7. The maximum atomic E-state index is 13.8. The van der Waals surface area contributed by atoms with Crippen molar-refractivity contribution < 1.29 is 19.1 Å². The van der Waals surface area contributed by atoms with Crippen LogP contribution in [0.4, 0.5) is 0 Å². The predicted octanol–water partition coefficient (Wildman–Crippen LogP) is 4.96. The van der Waals surface area contributed by atoms with Crippen molar-refractivity contribution >= 4 is 17.8 Å². The van der Waals surface area contributed by atoms with Crippen molar-refractivity contribution in [3.05, 3.63) is 101 Å². The summed E-state index contributed by atoms with van der Waals surface area (Å²) in [6.07, 6.45) is 0.484. The molecule has 0 aliphatic carbocycles. The number of ether oxygens (including phenoxy) is 1. The van der Waals surface area contributed by atoms with Crippen molar-refractivity contribution in [3.63, 3.8) is 0 Å². The first-order valence-electron chi connectivity index (χ1n) is 11.8. The minimum Gasteiger partial charge on any atom is -0.423 e. The quantitative estimate of drug-likeness (QED) is 0.434. The summed E-state index contributed by atoms with van der Waals surface area (Å²) in [5, 5.41) is 3.02. The Balaban J connectivity index is 1.53. The van der Waals surface area contributed by atoms with Crippen LogP contribution in [0.15, 0.2) is 72.8 Å². The van der Waals surface area contributed by atoms with Crippen LogP contribution in [-0.4, -0.2) is 28.8 Å². The zero-order valence-corrected chi connectivity index (χ0v) is 20.1. The zero-order chi connectivity index (χ0) is 24.7. The molecule has 2 heterocycles.